The Morgan fingerprint density at radius 3 is 1.97 bits per heavy atom. The summed E-state index contributed by atoms with van der Waals surface area (Å²) in [6, 6.07) is 42.0. The van der Waals surface area contributed by atoms with Crippen LogP contribution in [0.5, 0.6) is 0 Å². The van der Waals surface area contributed by atoms with Crippen molar-refractivity contribution in [2.75, 3.05) is 0 Å². The van der Waals surface area contributed by atoms with Crippen LogP contribution in [0.3, 0.4) is 0 Å². The summed E-state index contributed by atoms with van der Waals surface area (Å²) in [5, 5.41) is 2.49. The molecule has 2 aromatic heterocycles. The van der Waals surface area contributed by atoms with E-state index in [0.29, 0.717) is 5.89 Å². The Labute approximate surface area is 214 Å². The van der Waals surface area contributed by atoms with Crippen LogP contribution < -0.4 is 0 Å². The third kappa shape index (κ3) is 3.87. The van der Waals surface area contributed by atoms with Crippen LogP contribution in [0, 0.1) is 0 Å². The molecule has 0 radical (unpaired) electrons. The maximum absolute atomic E-state index is 6.21. The molecule has 0 aliphatic heterocycles. The summed E-state index contributed by atoms with van der Waals surface area (Å²) >= 11 is 0. The molecule has 5 aromatic carbocycles. The molecule has 0 aliphatic carbocycles. The van der Waals surface area contributed by atoms with Gasteiger partial charge in [0.05, 0.1) is 0 Å². The molecule has 174 valence electrons. The fraction of sp³-hybridized carbons (Fsp3) is 0. The van der Waals surface area contributed by atoms with Crippen LogP contribution in [0.25, 0.3) is 66.7 Å². The lowest BCUT2D eigenvalue weighted by Gasteiger charge is -2.07. The van der Waals surface area contributed by atoms with Gasteiger partial charge in [-0.3, -0.25) is 4.98 Å². The van der Waals surface area contributed by atoms with Gasteiger partial charge in [0.2, 0.25) is 5.89 Å². The van der Waals surface area contributed by atoms with E-state index in [0.717, 1.165) is 38.9 Å². The van der Waals surface area contributed by atoms with Crippen molar-refractivity contribution >= 4 is 21.9 Å². The standard InChI is InChI=1S/C34H22N2O/c1-2-9-29-24(6-1)7-3-10-30(29)25-17-19-27(20-18-25)34-36-33-31(11-4-12-32(33)37-34)26-15-13-23(14-16-26)28-8-5-21-35-22-28/h1-22H. The molecular formula is C34H22N2O. The minimum Gasteiger partial charge on any atom is -0.436 e. The van der Waals surface area contributed by atoms with E-state index in [4.69, 9.17) is 9.40 Å². The first kappa shape index (κ1) is 21.3. The lowest BCUT2D eigenvalue weighted by atomic mass is 9.97. The van der Waals surface area contributed by atoms with Gasteiger partial charge in [-0.1, -0.05) is 97.1 Å². The molecule has 0 unspecified atom stereocenters. The number of oxazole rings is 1. The van der Waals surface area contributed by atoms with Crippen LogP contribution in [-0.2, 0) is 0 Å². The predicted octanol–water partition coefficient (Wildman–Crippen LogP) is 9.04. The number of nitrogens with zero attached hydrogens (tertiary/aromatic N) is 2. The average molecular weight is 475 g/mol. The number of aromatic nitrogens is 2. The van der Waals surface area contributed by atoms with Crippen LogP contribution in [0.4, 0.5) is 0 Å². The van der Waals surface area contributed by atoms with E-state index < -0.39 is 0 Å². The Morgan fingerprint density at radius 1 is 0.486 bits per heavy atom. The monoisotopic (exact) mass is 474 g/mol. The van der Waals surface area contributed by atoms with E-state index in [2.05, 4.69) is 108 Å². The predicted molar refractivity (Wildman–Crippen MR) is 151 cm³/mol. The van der Waals surface area contributed by atoms with E-state index >= 15 is 0 Å². The maximum atomic E-state index is 6.21. The second-order valence-corrected chi connectivity index (χ2v) is 9.09. The van der Waals surface area contributed by atoms with Crippen LogP contribution in [0.2, 0.25) is 0 Å². The zero-order valence-electron chi connectivity index (χ0n) is 20.0. The Bertz CT molecular complexity index is 1850. The highest BCUT2D eigenvalue weighted by Crippen LogP contribution is 2.34. The van der Waals surface area contributed by atoms with E-state index in [9.17, 15) is 0 Å². The Balaban J connectivity index is 1.23. The summed E-state index contributed by atoms with van der Waals surface area (Å²) < 4.78 is 6.21. The summed E-state index contributed by atoms with van der Waals surface area (Å²) in [5.74, 6) is 0.624. The molecule has 0 saturated carbocycles. The fourth-order valence-electron chi connectivity index (χ4n) is 4.95. The second kappa shape index (κ2) is 8.89. The van der Waals surface area contributed by atoms with Crippen LogP contribution >= 0.6 is 0 Å². The van der Waals surface area contributed by atoms with Crippen molar-refractivity contribution in [1.82, 2.24) is 9.97 Å². The van der Waals surface area contributed by atoms with Gasteiger partial charge in [-0.05, 0) is 62.9 Å². The Kier molecular flexibility index (Phi) is 5.11. The molecular weight excluding hydrogens is 452 g/mol. The van der Waals surface area contributed by atoms with E-state index in [1.807, 2.05) is 24.4 Å². The van der Waals surface area contributed by atoms with Crippen molar-refractivity contribution < 1.29 is 4.42 Å². The second-order valence-electron chi connectivity index (χ2n) is 9.09. The van der Waals surface area contributed by atoms with Gasteiger partial charge in [0.15, 0.2) is 5.58 Å². The molecule has 0 bridgehead atoms. The molecule has 0 fully saturated rings. The summed E-state index contributed by atoms with van der Waals surface area (Å²) in [6.45, 7) is 0. The van der Waals surface area contributed by atoms with Crippen LogP contribution in [0.1, 0.15) is 0 Å². The third-order valence-corrected chi connectivity index (χ3v) is 6.84. The molecule has 7 aromatic rings. The van der Waals surface area contributed by atoms with E-state index in [1.54, 1.807) is 6.20 Å². The van der Waals surface area contributed by atoms with Gasteiger partial charge < -0.3 is 4.42 Å². The smallest absolute Gasteiger partial charge is 0.227 e. The lowest BCUT2D eigenvalue weighted by Crippen LogP contribution is -1.84. The van der Waals surface area contributed by atoms with Gasteiger partial charge in [-0.15, -0.1) is 0 Å². The molecule has 0 amide bonds. The number of para-hydroxylation sites is 1. The van der Waals surface area contributed by atoms with Gasteiger partial charge in [-0.2, -0.15) is 0 Å². The lowest BCUT2D eigenvalue weighted by molar-refractivity contribution is 0.620. The first-order chi connectivity index (χ1) is 18.3. The van der Waals surface area contributed by atoms with Gasteiger partial charge in [0.25, 0.3) is 0 Å². The molecule has 0 atom stereocenters. The molecule has 2 heterocycles. The zero-order chi connectivity index (χ0) is 24.6. The Hall–Kier alpha value is -5.02. The molecule has 3 nitrogen and oxygen atoms in total. The van der Waals surface area contributed by atoms with E-state index in [1.165, 1.54) is 21.9 Å². The summed E-state index contributed by atoms with van der Waals surface area (Å²) in [7, 11) is 0. The topological polar surface area (TPSA) is 38.9 Å². The molecule has 0 spiro atoms. The fourth-order valence-corrected chi connectivity index (χ4v) is 4.95. The van der Waals surface area contributed by atoms with Gasteiger partial charge >= 0.3 is 0 Å². The number of benzene rings is 5. The number of pyridine rings is 1. The quantitative estimate of drug-likeness (QED) is 0.255. The number of hydrogen-bond acceptors (Lipinski definition) is 3. The van der Waals surface area contributed by atoms with Gasteiger partial charge in [0.1, 0.15) is 5.52 Å². The van der Waals surface area contributed by atoms with Crippen LogP contribution in [-0.4, -0.2) is 9.97 Å². The molecule has 0 N–H and O–H groups in total. The van der Waals surface area contributed by atoms with Gasteiger partial charge in [-0.25, -0.2) is 4.98 Å². The SMILES string of the molecule is c1cncc(-c2ccc(-c3cccc4oc(-c5ccc(-c6cccc7ccccc67)cc5)nc34)cc2)c1. The van der Waals surface area contributed by atoms with Crippen molar-refractivity contribution in [3.8, 4) is 44.8 Å². The summed E-state index contributed by atoms with van der Waals surface area (Å²) in [4.78, 5) is 9.14. The molecule has 37 heavy (non-hydrogen) atoms. The highest BCUT2D eigenvalue weighted by Gasteiger charge is 2.13. The zero-order valence-corrected chi connectivity index (χ0v) is 20.0. The van der Waals surface area contributed by atoms with Crippen molar-refractivity contribution in [1.29, 1.82) is 0 Å². The molecule has 0 aliphatic rings. The van der Waals surface area contributed by atoms with Crippen molar-refractivity contribution in [2.45, 2.75) is 0 Å². The van der Waals surface area contributed by atoms with E-state index in [-0.39, 0.29) is 0 Å². The number of hydrogen-bond donors (Lipinski definition) is 0. The maximum Gasteiger partial charge on any atom is 0.227 e. The largest absolute Gasteiger partial charge is 0.436 e. The normalized spacial score (nSPS) is 11.2. The van der Waals surface area contributed by atoms with Gasteiger partial charge in [0, 0.05) is 23.5 Å². The van der Waals surface area contributed by atoms with Crippen LogP contribution in [0.15, 0.2) is 138 Å². The van der Waals surface area contributed by atoms with Crippen molar-refractivity contribution in [3.05, 3.63) is 134 Å². The van der Waals surface area contributed by atoms with Crippen molar-refractivity contribution in [2.24, 2.45) is 0 Å². The minimum atomic E-state index is 0.624. The minimum absolute atomic E-state index is 0.624. The Morgan fingerprint density at radius 2 is 1.16 bits per heavy atom. The molecule has 3 heteroatoms. The highest BCUT2D eigenvalue weighted by molar-refractivity contribution is 5.97. The third-order valence-electron chi connectivity index (χ3n) is 6.84. The average Bonchev–Trinajstić information content (AvgIpc) is 3.42. The summed E-state index contributed by atoms with van der Waals surface area (Å²) in [6.07, 6.45) is 3.67. The summed E-state index contributed by atoms with van der Waals surface area (Å²) in [5.41, 5.74) is 9.39. The highest BCUT2D eigenvalue weighted by atomic mass is 16.3. The number of rotatable bonds is 4. The number of fused-ring (bicyclic) bond motifs is 2. The first-order valence-corrected chi connectivity index (χ1v) is 12.3. The van der Waals surface area contributed by atoms with Crippen molar-refractivity contribution in [3.63, 3.8) is 0 Å². The molecule has 0 saturated heterocycles. The first-order valence-electron chi connectivity index (χ1n) is 12.3. The molecule has 7 rings (SSSR count).